The summed E-state index contributed by atoms with van der Waals surface area (Å²) in [6, 6.07) is 2.39. The number of β-amino-alcohol motifs (C(OH)–C–C–N with tert-alkyl or cyclic N) is 1. The quantitative estimate of drug-likeness (QED) is 0.782. The van der Waals surface area contributed by atoms with Crippen LogP contribution in [0.5, 0.6) is 0 Å². The predicted octanol–water partition coefficient (Wildman–Crippen LogP) is 1.21. The molecule has 2 amide bonds. The van der Waals surface area contributed by atoms with E-state index in [4.69, 9.17) is 16.7 Å². The van der Waals surface area contributed by atoms with E-state index in [2.05, 4.69) is 5.32 Å². The largest absolute Gasteiger partial charge is 0.480 e. The SMILES string of the molecule is O=C(O)[C@@H]1C[C@H](O)CN1C(=O)NCc1ccc(F)c(Cl)c1. The fourth-order valence-corrected chi connectivity index (χ4v) is 2.40. The van der Waals surface area contributed by atoms with Crippen molar-refractivity contribution in [2.75, 3.05) is 6.54 Å². The van der Waals surface area contributed by atoms with Gasteiger partial charge in [0.15, 0.2) is 0 Å². The Balaban J connectivity index is 1.97. The van der Waals surface area contributed by atoms with Gasteiger partial charge in [0.05, 0.1) is 11.1 Å². The second-order valence-electron chi connectivity index (χ2n) is 4.80. The molecule has 0 radical (unpaired) electrons. The van der Waals surface area contributed by atoms with E-state index < -0.39 is 30.0 Å². The molecule has 0 spiro atoms. The molecule has 0 unspecified atom stereocenters. The highest BCUT2D eigenvalue weighted by atomic mass is 35.5. The molecule has 1 fully saturated rings. The van der Waals surface area contributed by atoms with Crippen LogP contribution >= 0.6 is 11.6 Å². The Morgan fingerprint density at radius 2 is 2.19 bits per heavy atom. The third-order valence-corrected chi connectivity index (χ3v) is 3.54. The van der Waals surface area contributed by atoms with Crippen molar-refractivity contribution in [3.8, 4) is 0 Å². The van der Waals surface area contributed by atoms with Gasteiger partial charge in [-0.1, -0.05) is 17.7 Å². The zero-order chi connectivity index (χ0) is 15.6. The summed E-state index contributed by atoms with van der Waals surface area (Å²) in [6.07, 6.45) is -0.845. The average molecular weight is 317 g/mol. The number of aliphatic hydroxyl groups is 1. The minimum atomic E-state index is -1.16. The number of nitrogens with zero attached hydrogens (tertiary/aromatic N) is 1. The monoisotopic (exact) mass is 316 g/mol. The van der Waals surface area contributed by atoms with Crippen LogP contribution in [0.25, 0.3) is 0 Å². The van der Waals surface area contributed by atoms with Crippen LogP contribution in [0.3, 0.4) is 0 Å². The maximum Gasteiger partial charge on any atom is 0.326 e. The van der Waals surface area contributed by atoms with Crippen LogP contribution in [-0.2, 0) is 11.3 Å². The second kappa shape index (κ2) is 6.28. The number of hydrogen-bond donors (Lipinski definition) is 3. The van der Waals surface area contributed by atoms with Crippen LogP contribution in [0, 0.1) is 5.82 Å². The Kier molecular flexibility index (Phi) is 4.64. The summed E-state index contributed by atoms with van der Waals surface area (Å²) in [7, 11) is 0. The first kappa shape index (κ1) is 15.5. The van der Waals surface area contributed by atoms with Crippen molar-refractivity contribution >= 4 is 23.6 Å². The minimum Gasteiger partial charge on any atom is -0.480 e. The number of nitrogens with one attached hydrogen (secondary N) is 1. The number of carbonyl (C=O) groups excluding carboxylic acids is 1. The Bertz CT molecular complexity index is 569. The van der Waals surface area contributed by atoms with Crippen LogP contribution in [0.15, 0.2) is 18.2 Å². The van der Waals surface area contributed by atoms with Crippen LogP contribution in [0.2, 0.25) is 5.02 Å². The van der Waals surface area contributed by atoms with Gasteiger partial charge in [-0.2, -0.15) is 0 Å². The van der Waals surface area contributed by atoms with Crippen molar-refractivity contribution in [1.29, 1.82) is 0 Å². The summed E-state index contributed by atoms with van der Waals surface area (Å²) in [5, 5.41) is 21.0. The lowest BCUT2D eigenvalue weighted by Crippen LogP contribution is -2.45. The molecule has 1 heterocycles. The number of aliphatic carboxylic acids is 1. The molecule has 0 aliphatic carbocycles. The van der Waals surface area contributed by atoms with E-state index in [0.717, 1.165) is 4.90 Å². The summed E-state index contributed by atoms with van der Waals surface area (Å²) in [6.45, 7) is 0.0464. The van der Waals surface area contributed by atoms with Crippen molar-refractivity contribution in [3.63, 3.8) is 0 Å². The van der Waals surface area contributed by atoms with Gasteiger partial charge in [-0.3, -0.25) is 0 Å². The number of likely N-dealkylation sites (tertiary alicyclic amines) is 1. The van der Waals surface area contributed by atoms with Crippen molar-refractivity contribution < 1.29 is 24.2 Å². The number of carboxylic acids is 1. The predicted molar refractivity (Wildman–Crippen MR) is 72.4 cm³/mol. The molecule has 1 saturated heterocycles. The molecule has 1 aromatic carbocycles. The molecule has 2 rings (SSSR count). The first-order valence-corrected chi connectivity index (χ1v) is 6.65. The Morgan fingerprint density at radius 3 is 2.81 bits per heavy atom. The van der Waals surface area contributed by atoms with Crippen molar-refractivity contribution in [1.82, 2.24) is 10.2 Å². The third kappa shape index (κ3) is 3.62. The number of hydrogen-bond acceptors (Lipinski definition) is 3. The molecule has 6 nitrogen and oxygen atoms in total. The van der Waals surface area contributed by atoms with E-state index in [9.17, 15) is 19.1 Å². The topological polar surface area (TPSA) is 89.9 Å². The molecule has 1 aromatic rings. The normalized spacial score (nSPS) is 21.4. The highest BCUT2D eigenvalue weighted by Gasteiger charge is 2.38. The highest BCUT2D eigenvalue weighted by molar-refractivity contribution is 6.30. The van der Waals surface area contributed by atoms with Crippen molar-refractivity contribution in [2.45, 2.75) is 25.1 Å². The fraction of sp³-hybridized carbons (Fsp3) is 0.385. The van der Waals surface area contributed by atoms with Gasteiger partial charge in [0.2, 0.25) is 0 Å². The number of urea groups is 1. The summed E-state index contributed by atoms with van der Waals surface area (Å²) in [4.78, 5) is 24.1. The Morgan fingerprint density at radius 1 is 1.48 bits per heavy atom. The van der Waals surface area contributed by atoms with E-state index in [1.165, 1.54) is 18.2 Å². The zero-order valence-electron chi connectivity index (χ0n) is 10.9. The molecular formula is C13H14ClFN2O4. The van der Waals surface area contributed by atoms with E-state index in [1.54, 1.807) is 0 Å². The minimum absolute atomic E-state index is 0.00509. The molecule has 0 saturated carbocycles. The molecule has 114 valence electrons. The number of carbonyl (C=O) groups is 2. The van der Waals surface area contributed by atoms with E-state index in [1.807, 2.05) is 0 Å². The summed E-state index contributed by atoms with van der Waals surface area (Å²) in [5.41, 5.74) is 0.585. The van der Waals surface area contributed by atoms with Gasteiger partial charge in [-0.15, -0.1) is 0 Å². The highest BCUT2D eigenvalue weighted by Crippen LogP contribution is 2.19. The molecular weight excluding hydrogens is 303 g/mol. The first-order valence-electron chi connectivity index (χ1n) is 6.27. The van der Waals surface area contributed by atoms with Gasteiger partial charge < -0.3 is 20.4 Å². The van der Waals surface area contributed by atoms with Gasteiger partial charge in [0, 0.05) is 19.5 Å². The molecule has 1 aliphatic heterocycles. The van der Waals surface area contributed by atoms with Gasteiger partial charge in [-0.25, -0.2) is 14.0 Å². The smallest absolute Gasteiger partial charge is 0.326 e. The van der Waals surface area contributed by atoms with Gasteiger partial charge in [0.1, 0.15) is 11.9 Å². The molecule has 0 bridgehead atoms. The standard InChI is InChI=1S/C13H14ClFN2O4/c14-9-3-7(1-2-10(9)15)5-16-13(21)17-6-8(18)4-11(17)12(19)20/h1-3,8,11,18H,4-6H2,(H,16,21)(H,19,20)/t8-,11-/m0/s1. The third-order valence-electron chi connectivity index (χ3n) is 3.25. The maximum atomic E-state index is 13.0. The number of halogens is 2. The Labute approximate surface area is 125 Å². The van der Waals surface area contributed by atoms with Crippen LogP contribution in [0.1, 0.15) is 12.0 Å². The lowest BCUT2D eigenvalue weighted by molar-refractivity contribution is -0.141. The number of amides is 2. The fourth-order valence-electron chi connectivity index (χ4n) is 2.20. The van der Waals surface area contributed by atoms with Gasteiger partial charge in [-0.05, 0) is 17.7 Å². The molecule has 1 aliphatic rings. The van der Waals surface area contributed by atoms with Crippen LogP contribution in [0.4, 0.5) is 9.18 Å². The summed E-state index contributed by atoms with van der Waals surface area (Å²) in [5.74, 6) is -1.72. The summed E-state index contributed by atoms with van der Waals surface area (Å²) < 4.78 is 13.0. The molecule has 21 heavy (non-hydrogen) atoms. The lowest BCUT2D eigenvalue weighted by atomic mass is 10.2. The maximum absolute atomic E-state index is 13.0. The number of benzene rings is 1. The van der Waals surface area contributed by atoms with Crippen LogP contribution < -0.4 is 5.32 Å². The Hall–Kier alpha value is -1.86. The first-order chi connectivity index (χ1) is 9.88. The van der Waals surface area contributed by atoms with Crippen molar-refractivity contribution in [2.24, 2.45) is 0 Å². The average Bonchev–Trinajstić information content (AvgIpc) is 2.82. The van der Waals surface area contributed by atoms with E-state index in [-0.39, 0.29) is 24.5 Å². The van der Waals surface area contributed by atoms with E-state index in [0.29, 0.717) is 5.56 Å². The second-order valence-corrected chi connectivity index (χ2v) is 5.21. The van der Waals surface area contributed by atoms with Gasteiger partial charge in [0.25, 0.3) is 0 Å². The lowest BCUT2D eigenvalue weighted by Gasteiger charge is -2.21. The van der Waals surface area contributed by atoms with Crippen molar-refractivity contribution in [3.05, 3.63) is 34.6 Å². The zero-order valence-corrected chi connectivity index (χ0v) is 11.7. The molecule has 8 heteroatoms. The van der Waals surface area contributed by atoms with E-state index >= 15 is 0 Å². The van der Waals surface area contributed by atoms with Gasteiger partial charge >= 0.3 is 12.0 Å². The number of aliphatic hydroxyl groups excluding tert-OH is 1. The summed E-state index contributed by atoms with van der Waals surface area (Å²) >= 11 is 5.63. The number of carboxylic acid groups (broad SMARTS) is 1. The molecule has 0 aromatic heterocycles. The van der Waals surface area contributed by atoms with Crippen LogP contribution in [-0.4, -0.2) is 45.8 Å². The molecule has 3 N–H and O–H groups in total. The molecule has 2 atom stereocenters. The number of rotatable bonds is 3.